The van der Waals surface area contributed by atoms with Crippen molar-refractivity contribution in [3.63, 3.8) is 0 Å². The Morgan fingerprint density at radius 1 is 1.09 bits per heavy atom. The molecule has 8 atom stereocenters. The molecule has 0 amide bonds. The fourth-order valence-electron chi connectivity index (χ4n) is 8.71. The third-order valence-electron chi connectivity index (χ3n) is 10.5. The lowest BCUT2D eigenvalue weighted by Gasteiger charge is -2.62. The molecule has 4 aliphatic rings. The number of carbonyl (C=O) groups excluding carboxylic acids is 1. The first-order chi connectivity index (χ1) is 15.0. The van der Waals surface area contributed by atoms with Gasteiger partial charge in [0.05, 0.1) is 6.42 Å². The fraction of sp³-hybridized carbons (Fsp3) is 0.840. The number of carbonyl (C=O) groups is 1. The molecule has 0 aromatic carbocycles. The van der Waals surface area contributed by atoms with Crippen LogP contribution >= 0.6 is 0 Å². The van der Waals surface area contributed by atoms with Crippen molar-refractivity contribution in [1.82, 2.24) is 9.97 Å². The van der Waals surface area contributed by atoms with Crippen molar-refractivity contribution in [3.8, 4) is 0 Å². The lowest BCUT2D eigenvalue weighted by Crippen LogP contribution is -2.59. The van der Waals surface area contributed by atoms with Crippen molar-refractivity contribution < 1.29 is 23.1 Å². The molecule has 4 saturated carbocycles. The van der Waals surface area contributed by atoms with Crippen LogP contribution in [-0.4, -0.2) is 32.6 Å². The molecule has 1 aromatic rings. The standard InChI is InChI=1S/C25H35F3N2O2/c1-22-9-10-24(32,25(26,27)28)14-15(22)3-4-16-17-5-6-19(23(17,2)8-7-18(16)22)20(31)13-21-29-11-12-30-21/h11-12,15-19,32H,3-10,13-14H2,1-2H3,(H,29,30)/t15-,16+,17-,18+,19-,22+,23+,24-/m1/s1. The molecule has 4 fully saturated rings. The van der Waals surface area contributed by atoms with Gasteiger partial charge in [-0.05, 0) is 92.3 Å². The van der Waals surface area contributed by atoms with E-state index in [4.69, 9.17) is 0 Å². The summed E-state index contributed by atoms with van der Waals surface area (Å²) >= 11 is 0. The zero-order valence-corrected chi connectivity index (χ0v) is 19.0. The molecular weight excluding hydrogens is 417 g/mol. The number of nitrogens with one attached hydrogen (secondary N) is 1. The minimum Gasteiger partial charge on any atom is -0.380 e. The van der Waals surface area contributed by atoms with Gasteiger partial charge in [0.15, 0.2) is 5.60 Å². The van der Waals surface area contributed by atoms with Crippen LogP contribution in [0.5, 0.6) is 0 Å². The Hall–Kier alpha value is -1.37. The van der Waals surface area contributed by atoms with Crippen molar-refractivity contribution in [2.45, 2.75) is 89.8 Å². The number of Topliss-reactive ketones (excluding diaryl/α,β-unsaturated/α-hetero) is 1. The number of rotatable bonds is 3. The summed E-state index contributed by atoms with van der Waals surface area (Å²) in [6, 6.07) is 0. The summed E-state index contributed by atoms with van der Waals surface area (Å²) in [6.45, 7) is 4.49. The quantitative estimate of drug-likeness (QED) is 0.639. The number of imidazole rings is 1. The summed E-state index contributed by atoms with van der Waals surface area (Å²) in [7, 11) is 0. The van der Waals surface area contributed by atoms with Gasteiger partial charge < -0.3 is 10.1 Å². The van der Waals surface area contributed by atoms with E-state index in [0.29, 0.717) is 30.6 Å². The topological polar surface area (TPSA) is 66.0 Å². The van der Waals surface area contributed by atoms with Crippen molar-refractivity contribution in [2.75, 3.05) is 0 Å². The van der Waals surface area contributed by atoms with Gasteiger partial charge in [0.2, 0.25) is 0 Å². The number of fused-ring (bicyclic) bond motifs is 5. The second-order valence-electron chi connectivity index (χ2n) is 11.7. The Morgan fingerprint density at radius 2 is 1.84 bits per heavy atom. The molecule has 0 aliphatic heterocycles. The number of alkyl halides is 3. The Labute approximate surface area is 187 Å². The third kappa shape index (κ3) is 3.20. The van der Waals surface area contributed by atoms with E-state index < -0.39 is 11.8 Å². The summed E-state index contributed by atoms with van der Waals surface area (Å²) in [5.74, 6) is 2.31. The molecule has 0 radical (unpaired) electrons. The number of hydrogen-bond donors (Lipinski definition) is 2. The average molecular weight is 453 g/mol. The normalized spacial score (nSPS) is 46.2. The van der Waals surface area contributed by atoms with Crippen LogP contribution in [0.3, 0.4) is 0 Å². The lowest BCUT2D eigenvalue weighted by molar-refractivity contribution is -0.290. The first kappa shape index (κ1) is 22.4. The predicted octanol–water partition coefficient (Wildman–Crippen LogP) is 5.47. The first-order valence-corrected chi connectivity index (χ1v) is 12.3. The molecule has 4 nitrogen and oxygen atoms in total. The highest BCUT2D eigenvalue weighted by Crippen LogP contribution is 2.68. The maximum Gasteiger partial charge on any atom is 0.417 e. The molecular formula is C25H35F3N2O2. The smallest absolute Gasteiger partial charge is 0.380 e. The minimum atomic E-state index is -4.55. The molecule has 1 heterocycles. The van der Waals surface area contributed by atoms with Crippen molar-refractivity contribution in [2.24, 2.45) is 40.4 Å². The Kier molecular flexibility index (Phi) is 5.12. The number of aromatic amines is 1. The maximum absolute atomic E-state index is 13.5. The predicted molar refractivity (Wildman–Crippen MR) is 114 cm³/mol. The van der Waals surface area contributed by atoms with Crippen molar-refractivity contribution in [1.29, 1.82) is 0 Å². The van der Waals surface area contributed by atoms with Gasteiger partial charge in [0.1, 0.15) is 11.6 Å². The molecule has 178 valence electrons. The summed E-state index contributed by atoms with van der Waals surface area (Å²) in [4.78, 5) is 20.5. The van der Waals surface area contributed by atoms with Gasteiger partial charge in [-0.3, -0.25) is 4.79 Å². The summed E-state index contributed by atoms with van der Waals surface area (Å²) < 4.78 is 40.6. The van der Waals surface area contributed by atoms with Crippen LogP contribution in [0.15, 0.2) is 12.4 Å². The molecule has 2 N–H and O–H groups in total. The van der Waals surface area contributed by atoms with Crippen LogP contribution in [0.2, 0.25) is 0 Å². The molecule has 0 saturated heterocycles. The van der Waals surface area contributed by atoms with Gasteiger partial charge in [0.25, 0.3) is 0 Å². The second-order valence-corrected chi connectivity index (χ2v) is 11.7. The Bertz CT molecular complexity index is 871. The van der Waals surface area contributed by atoms with Gasteiger partial charge in [-0.1, -0.05) is 13.8 Å². The van der Waals surface area contributed by atoms with Crippen molar-refractivity contribution >= 4 is 5.78 Å². The monoisotopic (exact) mass is 452 g/mol. The minimum absolute atomic E-state index is 0.0184. The molecule has 4 aliphatic carbocycles. The maximum atomic E-state index is 13.5. The number of H-pyrrole nitrogens is 1. The molecule has 32 heavy (non-hydrogen) atoms. The van der Waals surface area contributed by atoms with Crippen LogP contribution in [0, 0.1) is 40.4 Å². The lowest BCUT2D eigenvalue weighted by atomic mass is 9.43. The van der Waals surface area contributed by atoms with E-state index in [-0.39, 0.29) is 41.3 Å². The van der Waals surface area contributed by atoms with Crippen LogP contribution in [-0.2, 0) is 11.2 Å². The fourth-order valence-corrected chi connectivity index (χ4v) is 8.71. The highest BCUT2D eigenvalue weighted by molar-refractivity contribution is 5.83. The van der Waals surface area contributed by atoms with Gasteiger partial charge in [-0.25, -0.2) is 4.98 Å². The van der Waals surface area contributed by atoms with Gasteiger partial charge in [-0.2, -0.15) is 13.2 Å². The second kappa shape index (κ2) is 7.31. The Balaban J connectivity index is 1.34. The van der Waals surface area contributed by atoms with E-state index in [1.165, 1.54) is 0 Å². The van der Waals surface area contributed by atoms with E-state index in [1.807, 2.05) is 0 Å². The van der Waals surface area contributed by atoms with Gasteiger partial charge in [0, 0.05) is 18.3 Å². The SMILES string of the molecule is C[C@]12CC[C@](O)(C(F)(F)F)C[C@H]1CC[C@H]1[C@H]3CC[C@H](C(=O)Cc4ncc[nH]4)[C@@]3(C)CC[C@@H]12. The average Bonchev–Trinajstić information content (AvgIpc) is 3.34. The largest absolute Gasteiger partial charge is 0.417 e. The van der Waals surface area contributed by atoms with Crippen LogP contribution in [0.1, 0.15) is 77.5 Å². The van der Waals surface area contributed by atoms with E-state index in [1.54, 1.807) is 12.4 Å². The van der Waals surface area contributed by atoms with Gasteiger partial charge >= 0.3 is 6.18 Å². The number of halogens is 3. The summed E-state index contributed by atoms with van der Waals surface area (Å²) in [5.41, 5.74) is -2.68. The van der Waals surface area contributed by atoms with E-state index in [0.717, 1.165) is 44.3 Å². The molecule has 5 rings (SSSR count). The first-order valence-electron chi connectivity index (χ1n) is 12.3. The molecule has 0 bridgehead atoms. The molecule has 0 spiro atoms. The number of ketones is 1. The van der Waals surface area contributed by atoms with E-state index in [2.05, 4.69) is 23.8 Å². The van der Waals surface area contributed by atoms with Crippen molar-refractivity contribution in [3.05, 3.63) is 18.2 Å². The van der Waals surface area contributed by atoms with Gasteiger partial charge in [-0.15, -0.1) is 0 Å². The van der Waals surface area contributed by atoms with Crippen LogP contribution < -0.4 is 0 Å². The van der Waals surface area contributed by atoms with Crippen LogP contribution in [0.4, 0.5) is 13.2 Å². The molecule has 7 heteroatoms. The molecule has 1 aromatic heterocycles. The number of hydrogen-bond acceptors (Lipinski definition) is 3. The Morgan fingerprint density at radius 3 is 2.53 bits per heavy atom. The zero-order valence-electron chi connectivity index (χ0n) is 19.0. The number of aromatic nitrogens is 2. The number of nitrogens with zero attached hydrogens (tertiary/aromatic N) is 1. The molecule has 0 unspecified atom stereocenters. The summed E-state index contributed by atoms with van der Waals surface area (Å²) in [5, 5.41) is 10.4. The zero-order chi connectivity index (χ0) is 22.9. The highest BCUT2D eigenvalue weighted by atomic mass is 19.4. The highest BCUT2D eigenvalue weighted by Gasteiger charge is 2.65. The number of aliphatic hydroxyl groups is 1. The van der Waals surface area contributed by atoms with E-state index >= 15 is 0 Å². The van der Waals surface area contributed by atoms with Crippen LogP contribution in [0.25, 0.3) is 0 Å². The third-order valence-corrected chi connectivity index (χ3v) is 10.5. The summed E-state index contributed by atoms with van der Waals surface area (Å²) in [6.07, 6.45) is 4.93. The van der Waals surface area contributed by atoms with E-state index in [9.17, 15) is 23.1 Å².